The topological polar surface area (TPSA) is 117 Å². The summed E-state index contributed by atoms with van der Waals surface area (Å²) < 4.78 is 1.95. The van der Waals surface area contributed by atoms with E-state index in [2.05, 4.69) is 42.0 Å². The molecule has 0 atom stereocenters. The number of amides is 1. The molecule has 1 fully saturated rings. The number of carbonyl (C=O) groups excluding carboxylic acids is 1. The number of aromatic amines is 1. The van der Waals surface area contributed by atoms with Gasteiger partial charge < -0.3 is 19.8 Å². The number of rotatable bonds is 9. The van der Waals surface area contributed by atoms with Gasteiger partial charge in [0.05, 0.1) is 18.2 Å². The first-order chi connectivity index (χ1) is 15.0. The summed E-state index contributed by atoms with van der Waals surface area (Å²) in [5, 5.41) is 12.9. The molecule has 0 radical (unpaired) electrons. The number of allylic oxidation sites excluding steroid dienone is 2. The summed E-state index contributed by atoms with van der Waals surface area (Å²) in [7, 11) is 3.73. The van der Waals surface area contributed by atoms with Gasteiger partial charge in [-0.25, -0.2) is 15.0 Å². The van der Waals surface area contributed by atoms with Gasteiger partial charge in [0, 0.05) is 43.8 Å². The maximum absolute atomic E-state index is 12.9. The number of hydrogen-bond acceptors (Lipinski definition) is 8. The van der Waals surface area contributed by atoms with Gasteiger partial charge in [0.2, 0.25) is 0 Å². The number of thiazole rings is 1. The summed E-state index contributed by atoms with van der Waals surface area (Å²) in [6.07, 6.45) is 11.0. The van der Waals surface area contributed by atoms with Crippen molar-refractivity contribution in [3.8, 4) is 10.8 Å². The number of nitrogens with zero attached hydrogens (tertiary/aromatic N) is 7. The second-order valence-corrected chi connectivity index (χ2v) is 8.19. The van der Waals surface area contributed by atoms with Gasteiger partial charge >= 0.3 is 0 Å². The van der Waals surface area contributed by atoms with E-state index in [-0.39, 0.29) is 11.6 Å². The minimum atomic E-state index is -0.361. The molecule has 0 saturated heterocycles. The van der Waals surface area contributed by atoms with Crippen LogP contribution in [0.25, 0.3) is 10.8 Å². The largest absolute Gasteiger partial charge is 0.377 e. The molecule has 3 aromatic heterocycles. The van der Waals surface area contributed by atoms with Crippen molar-refractivity contribution in [3.05, 3.63) is 54.0 Å². The quantitative estimate of drug-likeness (QED) is 0.393. The SMILES string of the molecule is C=C(/C=N\C(=C/Cn1cnc(C2CC2)c1)C(=O)Nc1csc(-c2nnc[nH]2)n1)N(C)C. The maximum Gasteiger partial charge on any atom is 0.275 e. The number of aliphatic imine (C=N–C) groups is 1. The van der Waals surface area contributed by atoms with E-state index >= 15 is 0 Å². The third-order valence-corrected chi connectivity index (χ3v) is 5.52. The Labute approximate surface area is 183 Å². The van der Waals surface area contributed by atoms with Crippen LogP contribution in [-0.2, 0) is 11.3 Å². The monoisotopic (exact) mass is 437 g/mol. The van der Waals surface area contributed by atoms with Crippen molar-refractivity contribution in [2.45, 2.75) is 25.3 Å². The zero-order valence-corrected chi connectivity index (χ0v) is 18.1. The zero-order valence-electron chi connectivity index (χ0n) is 17.3. The van der Waals surface area contributed by atoms with Gasteiger partial charge in [-0.2, -0.15) is 0 Å². The fraction of sp³-hybridized carbons (Fsp3) is 0.300. The molecule has 10 nitrogen and oxygen atoms in total. The third kappa shape index (κ3) is 5.31. The standard InChI is InChI=1S/C20H23N9OS/c1-13(28(2)3)8-21-15(6-7-29-9-16(23-12-29)14-4-5-14)19(30)25-17-10-31-20(26-17)18-22-11-24-27-18/h6,8-12,14H,1,4-5,7H2,2-3H3,(H,25,30)(H,22,24,27)/b15-6-,21-8-. The summed E-state index contributed by atoms with van der Waals surface area (Å²) in [5.41, 5.74) is 2.05. The van der Waals surface area contributed by atoms with Crippen LogP contribution in [0.1, 0.15) is 24.5 Å². The van der Waals surface area contributed by atoms with Crippen LogP contribution in [0.3, 0.4) is 0 Å². The highest BCUT2D eigenvalue weighted by Crippen LogP contribution is 2.38. The van der Waals surface area contributed by atoms with Crippen LogP contribution in [0, 0.1) is 0 Å². The molecule has 31 heavy (non-hydrogen) atoms. The molecule has 1 amide bonds. The Hall–Kier alpha value is -3.60. The van der Waals surface area contributed by atoms with E-state index in [9.17, 15) is 4.79 Å². The van der Waals surface area contributed by atoms with Crippen molar-refractivity contribution in [3.63, 3.8) is 0 Å². The lowest BCUT2D eigenvalue weighted by atomic mass is 10.3. The van der Waals surface area contributed by atoms with E-state index in [1.165, 1.54) is 30.5 Å². The number of anilines is 1. The van der Waals surface area contributed by atoms with Gasteiger partial charge in [0.15, 0.2) is 10.8 Å². The Bertz CT molecular complexity index is 1120. The molecular formula is C20H23N9OS. The first-order valence-electron chi connectivity index (χ1n) is 9.75. The minimum Gasteiger partial charge on any atom is -0.377 e. The van der Waals surface area contributed by atoms with Crippen LogP contribution in [0.5, 0.6) is 0 Å². The fourth-order valence-electron chi connectivity index (χ4n) is 2.65. The van der Waals surface area contributed by atoms with Crippen LogP contribution >= 0.6 is 11.3 Å². The first-order valence-corrected chi connectivity index (χ1v) is 10.6. The van der Waals surface area contributed by atoms with E-state index in [0.717, 1.165) is 5.69 Å². The van der Waals surface area contributed by atoms with Gasteiger partial charge in [0.25, 0.3) is 5.91 Å². The van der Waals surface area contributed by atoms with Gasteiger partial charge in [-0.3, -0.25) is 4.79 Å². The average Bonchev–Trinajstić information content (AvgIpc) is 3.16. The molecule has 1 aliphatic carbocycles. The highest BCUT2D eigenvalue weighted by atomic mass is 32.1. The Balaban J connectivity index is 1.49. The van der Waals surface area contributed by atoms with Crippen LogP contribution < -0.4 is 5.32 Å². The lowest BCUT2D eigenvalue weighted by molar-refractivity contribution is -0.112. The Kier molecular flexibility index (Phi) is 6.03. The van der Waals surface area contributed by atoms with Crippen molar-refractivity contribution in [1.29, 1.82) is 0 Å². The number of carbonyl (C=O) groups is 1. The molecule has 1 aliphatic rings. The van der Waals surface area contributed by atoms with Crippen LogP contribution in [0.2, 0.25) is 0 Å². The molecule has 11 heteroatoms. The summed E-state index contributed by atoms with van der Waals surface area (Å²) >= 11 is 1.35. The van der Waals surface area contributed by atoms with Crippen LogP contribution in [0.15, 0.2) is 53.3 Å². The van der Waals surface area contributed by atoms with Crippen LogP contribution in [0.4, 0.5) is 5.82 Å². The van der Waals surface area contributed by atoms with Crippen LogP contribution in [-0.4, -0.2) is 60.8 Å². The first kappa shape index (κ1) is 20.7. The molecule has 160 valence electrons. The van der Waals surface area contributed by atoms with Gasteiger partial charge in [0.1, 0.15) is 17.8 Å². The number of nitrogens with one attached hydrogen (secondary N) is 2. The highest BCUT2D eigenvalue weighted by molar-refractivity contribution is 7.13. The molecule has 3 aromatic rings. The van der Waals surface area contributed by atoms with E-state index in [1.807, 2.05) is 29.8 Å². The van der Waals surface area contributed by atoms with Gasteiger partial charge in [-0.05, 0) is 18.9 Å². The Morgan fingerprint density at radius 2 is 2.32 bits per heavy atom. The molecule has 3 heterocycles. The predicted molar refractivity (Wildman–Crippen MR) is 120 cm³/mol. The van der Waals surface area contributed by atoms with Crippen molar-refractivity contribution in [2.24, 2.45) is 4.99 Å². The van der Waals surface area contributed by atoms with Gasteiger partial charge in [-0.1, -0.05) is 6.58 Å². The molecular weight excluding hydrogens is 414 g/mol. The van der Waals surface area contributed by atoms with E-state index in [1.54, 1.807) is 24.0 Å². The molecule has 0 bridgehead atoms. The molecule has 0 aromatic carbocycles. The molecule has 4 rings (SSSR count). The Morgan fingerprint density at radius 3 is 3.03 bits per heavy atom. The number of H-pyrrole nitrogens is 1. The second-order valence-electron chi connectivity index (χ2n) is 7.33. The third-order valence-electron chi connectivity index (χ3n) is 4.67. The summed E-state index contributed by atoms with van der Waals surface area (Å²) in [6.45, 7) is 4.41. The molecule has 0 aliphatic heterocycles. The number of hydrogen-bond donors (Lipinski definition) is 2. The molecule has 2 N–H and O–H groups in total. The smallest absolute Gasteiger partial charge is 0.275 e. The molecule has 0 spiro atoms. The van der Waals surface area contributed by atoms with Crippen molar-refractivity contribution >= 4 is 29.3 Å². The van der Waals surface area contributed by atoms with Crippen molar-refractivity contribution < 1.29 is 4.79 Å². The maximum atomic E-state index is 12.9. The molecule has 1 saturated carbocycles. The molecule has 0 unspecified atom stereocenters. The lowest BCUT2D eigenvalue weighted by Gasteiger charge is -2.11. The second kappa shape index (κ2) is 9.04. The summed E-state index contributed by atoms with van der Waals surface area (Å²) in [6, 6.07) is 0. The van der Waals surface area contributed by atoms with E-state index in [4.69, 9.17) is 0 Å². The lowest BCUT2D eigenvalue weighted by Crippen LogP contribution is -2.16. The van der Waals surface area contributed by atoms with E-state index < -0.39 is 0 Å². The highest BCUT2D eigenvalue weighted by Gasteiger charge is 2.25. The predicted octanol–water partition coefficient (Wildman–Crippen LogP) is 2.67. The summed E-state index contributed by atoms with van der Waals surface area (Å²) in [4.78, 5) is 30.8. The Morgan fingerprint density at radius 1 is 1.48 bits per heavy atom. The normalized spacial score (nSPS) is 14.2. The van der Waals surface area contributed by atoms with E-state index in [0.29, 0.717) is 34.8 Å². The van der Waals surface area contributed by atoms with Crippen molar-refractivity contribution in [1.82, 2.24) is 34.6 Å². The average molecular weight is 438 g/mol. The minimum absolute atomic E-state index is 0.263. The number of aromatic nitrogens is 6. The zero-order chi connectivity index (χ0) is 21.8. The number of imidazole rings is 1. The fourth-order valence-corrected chi connectivity index (χ4v) is 3.35. The summed E-state index contributed by atoms with van der Waals surface area (Å²) in [5.74, 6) is 1.19. The van der Waals surface area contributed by atoms with Crippen molar-refractivity contribution in [2.75, 3.05) is 19.4 Å². The van der Waals surface area contributed by atoms with Gasteiger partial charge in [-0.15, -0.1) is 21.5 Å².